The van der Waals surface area contributed by atoms with Crippen LogP contribution in [0.15, 0.2) is 78.9 Å². The van der Waals surface area contributed by atoms with Crippen LogP contribution in [0.25, 0.3) is 0 Å². The number of para-hydroxylation sites is 3. The maximum absolute atomic E-state index is 2.50. The number of nitrogens with zero attached hydrogens (tertiary/aromatic N) is 1. The summed E-state index contributed by atoms with van der Waals surface area (Å²) in [4.78, 5) is 2.46. The van der Waals surface area contributed by atoms with E-state index in [1.54, 1.807) is 0 Å². The molecule has 3 aromatic rings. The number of anilines is 3. The van der Waals surface area contributed by atoms with E-state index >= 15 is 0 Å². The van der Waals surface area contributed by atoms with Crippen LogP contribution < -0.4 is 4.90 Å². The minimum atomic E-state index is -0.0299. The molecule has 1 heterocycles. The molecule has 1 fully saturated rings. The van der Waals surface area contributed by atoms with Gasteiger partial charge in [-0.25, -0.2) is 0 Å². The summed E-state index contributed by atoms with van der Waals surface area (Å²) in [7, 11) is 0. The fourth-order valence-corrected chi connectivity index (χ4v) is 6.94. The molecule has 1 saturated carbocycles. The molecule has 0 aromatic heterocycles. The summed E-state index contributed by atoms with van der Waals surface area (Å²) < 4.78 is 0. The highest BCUT2D eigenvalue weighted by Crippen LogP contribution is 2.72. The fourth-order valence-electron chi connectivity index (χ4n) is 6.94. The van der Waals surface area contributed by atoms with Gasteiger partial charge in [-0.1, -0.05) is 89.2 Å². The molecular formula is C28H31N. The molecule has 0 saturated heterocycles. The van der Waals surface area contributed by atoms with Gasteiger partial charge >= 0.3 is 0 Å². The molecule has 29 heavy (non-hydrogen) atoms. The summed E-state index contributed by atoms with van der Waals surface area (Å²) in [5.74, 6) is 0.641. The number of benzene rings is 3. The normalized spacial score (nSPS) is 22.9. The summed E-state index contributed by atoms with van der Waals surface area (Å²) in [6, 6.07) is 29.1. The second-order valence-corrected chi connectivity index (χ2v) is 10.2. The Hall–Kier alpha value is -2.54. The van der Waals surface area contributed by atoms with E-state index in [1.165, 1.54) is 34.6 Å². The van der Waals surface area contributed by atoms with Crippen molar-refractivity contribution in [3.05, 3.63) is 90.0 Å². The summed E-state index contributed by atoms with van der Waals surface area (Å²) >= 11 is 0. The Morgan fingerprint density at radius 1 is 0.690 bits per heavy atom. The first-order valence-electron chi connectivity index (χ1n) is 10.9. The lowest BCUT2D eigenvalue weighted by atomic mass is 9.50. The van der Waals surface area contributed by atoms with Crippen molar-refractivity contribution in [1.29, 1.82) is 0 Å². The molecule has 1 heteroatoms. The first-order chi connectivity index (χ1) is 13.8. The van der Waals surface area contributed by atoms with Crippen LogP contribution in [0.1, 0.15) is 52.2 Å². The van der Waals surface area contributed by atoms with Crippen molar-refractivity contribution in [1.82, 2.24) is 0 Å². The smallest absolute Gasteiger partial charge is 0.0503 e. The summed E-state index contributed by atoms with van der Waals surface area (Å²) in [5.41, 5.74) is 7.10. The van der Waals surface area contributed by atoms with Crippen molar-refractivity contribution < 1.29 is 0 Å². The van der Waals surface area contributed by atoms with Crippen molar-refractivity contribution in [2.75, 3.05) is 4.90 Å². The molecule has 0 amide bonds. The highest BCUT2D eigenvalue weighted by molar-refractivity contribution is 5.87. The Balaban J connectivity index is 1.93. The number of fused-ring (bicyclic) bond motifs is 4. The van der Waals surface area contributed by atoms with Gasteiger partial charge in [-0.2, -0.15) is 0 Å². The summed E-state index contributed by atoms with van der Waals surface area (Å²) in [6.07, 6.45) is 1.23. The van der Waals surface area contributed by atoms with E-state index < -0.39 is 0 Å². The first kappa shape index (κ1) is 18.5. The Labute approximate surface area is 175 Å². The van der Waals surface area contributed by atoms with Gasteiger partial charge in [-0.05, 0) is 58.6 Å². The van der Waals surface area contributed by atoms with E-state index in [0.29, 0.717) is 5.92 Å². The van der Waals surface area contributed by atoms with Crippen molar-refractivity contribution in [3.63, 3.8) is 0 Å². The molecule has 1 spiro atoms. The largest absolute Gasteiger partial charge is 0.310 e. The van der Waals surface area contributed by atoms with Gasteiger partial charge in [-0.3, -0.25) is 0 Å². The number of rotatable bonds is 1. The van der Waals surface area contributed by atoms with Crippen molar-refractivity contribution >= 4 is 17.1 Å². The lowest BCUT2D eigenvalue weighted by Crippen LogP contribution is -2.51. The van der Waals surface area contributed by atoms with Crippen LogP contribution in [0.5, 0.6) is 0 Å². The van der Waals surface area contributed by atoms with E-state index in [4.69, 9.17) is 0 Å². The molecule has 148 valence electrons. The van der Waals surface area contributed by atoms with Gasteiger partial charge in [0.1, 0.15) is 0 Å². The molecule has 3 aromatic carbocycles. The zero-order chi connectivity index (χ0) is 20.4. The van der Waals surface area contributed by atoms with Gasteiger partial charge in [0.25, 0.3) is 0 Å². The Bertz CT molecular complexity index is 1010. The molecule has 0 radical (unpaired) electrons. The van der Waals surface area contributed by atoms with Crippen molar-refractivity contribution in [2.45, 2.75) is 46.5 Å². The molecule has 0 unspecified atom stereocenters. The highest BCUT2D eigenvalue weighted by atomic mass is 15.2. The van der Waals surface area contributed by atoms with Crippen LogP contribution in [-0.2, 0) is 5.41 Å². The zero-order valence-corrected chi connectivity index (χ0v) is 18.2. The Morgan fingerprint density at radius 2 is 1.17 bits per heavy atom. The second kappa shape index (κ2) is 5.98. The predicted molar refractivity (Wildman–Crippen MR) is 123 cm³/mol. The molecule has 1 nitrogen and oxygen atoms in total. The van der Waals surface area contributed by atoms with Crippen molar-refractivity contribution in [2.24, 2.45) is 16.7 Å². The summed E-state index contributed by atoms with van der Waals surface area (Å²) in [5, 5.41) is 0. The molecule has 0 N–H and O–H groups in total. The molecule has 5 rings (SSSR count). The highest BCUT2D eigenvalue weighted by Gasteiger charge is 2.66. The van der Waals surface area contributed by atoms with Crippen LogP contribution in [0.4, 0.5) is 17.1 Å². The van der Waals surface area contributed by atoms with Crippen molar-refractivity contribution in [3.8, 4) is 0 Å². The minimum absolute atomic E-state index is 0.0299. The lowest BCUT2D eigenvalue weighted by Gasteiger charge is -2.56. The topological polar surface area (TPSA) is 3.24 Å². The third kappa shape index (κ3) is 2.16. The van der Waals surface area contributed by atoms with Gasteiger partial charge < -0.3 is 4.90 Å². The van der Waals surface area contributed by atoms with Gasteiger partial charge in [0.2, 0.25) is 0 Å². The fraction of sp³-hybridized carbons (Fsp3) is 0.357. The maximum atomic E-state index is 2.50. The van der Waals surface area contributed by atoms with Crippen LogP contribution in [0, 0.1) is 16.7 Å². The monoisotopic (exact) mass is 381 g/mol. The summed E-state index contributed by atoms with van der Waals surface area (Å²) in [6.45, 7) is 12.4. The van der Waals surface area contributed by atoms with E-state index in [2.05, 4.69) is 118 Å². The molecule has 1 aliphatic carbocycles. The standard InChI is InChI=1S/C28H31N/c1-20-19-26(2,3)28(27(20,4)5)22-15-9-11-17-24(22)29(21-13-7-6-8-14-21)25-18-12-10-16-23(25)28/h6-18,20H,19H2,1-5H3/t20-/m0/s1. The maximum Gasteiger partial charge on any atom is 0.0503 e. The van der Waals surface area contributed by atoms with Gasteiger partial charge in [-0.15, -0.1) is 0 Å². The Morgan fingerprint density at radius 3 is 1.66 bits per heavy atom. The average Bonchev–Trinajstić information content (AvgIpc) is 2.85. The molecular weight excluding hydrogens is 350 g/mol. The third-order valence-electron chi connectivity index (χ3n) is 8.14. The Kier molecular flexibility index (Phi) is 3.81. The van der Waals surface area contributed by atoms with Gasteiger partial charge in [0, 0.05) is 11.1 Å². The van der Waals surface area contributed by atoms with E-state index in [1.807, 2.05) is 0 Å². The van der Waals surface area contributed by atoms with Crippen LogP contribution >= 0.6 is 0 Å². The average molecular weight is 382 g/mol. The molecule has 1 atom stereocenters. The van der Waals surface area contributed by atoms with Gasteiger partial charge in [0.05, 0.1) is 11.4 Å². The van der Waals surface area contributed by atoms with Crippen LogP contribution in [0.3, 0.4) is 0 Å². The molecule has 1 aliphatic heterocycles. The van der Waals surface area contributed by atoms with Crippen LogP contribution in [0.2, 0.25) is 0 Å². The first-order valence-corrected chi connectivity index (χ1v) is 10.9. The third-order valence-corrected chi connectivity index (χ3v) is 8.14. The number of hydrogen-bond acceptors (Lipinski definition) is 1. The van der Waals surface area contributed by atoms with E-state index in [-0.39, 0.29) is 16.2 Å². The predicted octanol–water partition coefficient (Wildman–Crippen LogP) is 7.85. The van der Waals surface area contributed by atoms with E-state index in [9.17, 15) is 0 Å². The van der Waals surface area contributed by atoms with Crippen LogP contribution in [-0.4, -0.2) is 0 Å². The number of hydrogen-bond donors (Lipinski definition) is 0. The minimum Gasteiger partial charge on any atom is -0.310 e. The zero-order valence-electron chi connectivity index (χ0n) is 18.2. The van der Waals surface area contributed by atoms with Gasteiger partial charge in [0.15, 0.2) is 0 Å². The molecule has 2 aliphatic rings. The SMILES string of the molecule is C[C@H]1CC(C)(C)C2(c3ccccc3N(c3ccccc3)c3ccccc32)C1(C)C. The van der Waals surface area contributed by atoms with E-state index in [0.717, 1.165) is 0 Å². The second-order valence-electron chi connectivity index (χ2n) is 10.2. The lowest BCUT2D eigenvalue weighted by molar-refractivity contribution is 0.128. The quantitative estimate of drug-likeness (QED) is 0.415. The molecule has 0 bridgehead atoms.